The molecule has 2 aromatic rings. The van der Waals surface area contributed by atoms with E-state index in [0.717, 1.165) is 4.47 Å². The summed E-state index contributed by atoms with van der Waals surface area (Å²) in [6.07, 6.45) is -1.06. The first kappa shape index (κ1) is 22.0. The van der Waals surface area contributed by atoms with E-state index in [0.29, 0.717) is 17.0 Å². The smallest absolute Gasteiger partial charge is 0.252 e. The molecule has 3 N–H and O–H groups in total. The number of hydrogen-bond donors (Lipinski definition) is 3. The van der Waals surface area contributed by atoms with E-state index in [1.165, 1.54) is 0 Å². The van der Waals surface area contributed by atoms with E-state index in [1.807, 2.05) is 0 Å². The summed E-state index contributed by atoms with van der Waals surface area (Å²) < 4.78 is 4.11. The lowest BCUT2D eigenvalue weighted by Gasteiger charge is -2.27. The van der Waals surface area contributed by atoms with Crippen LogP contribution in [0.15, 0.2) is 53.0 Å². The summed E-state index contributed by atoms with van der Waals surface area (Å²) in [5.41, 5.74) is 1.11. The largest absolute Gasteiger partial charge is 0.497 e. The Bertz CT molecular complexity index is 799. The maximum Gasteiger partial charge on any atom is 0.252 e. The van der Waals surface area contributed by atoms with Crippen LogP contribution >= 0.6 is 63.0 Å². The molecule has 0 aromatic heterocycles. The highest BCUT2D eigenvalue weighted by Gasteiger charge is 2.34. The first-order chi connectivity index (χ1) is 12.7. The van der Waals surface area contributed by atoms with Crippen molar-refractivity contribution in [3.63, 3.8) is 0 Å². The maximum absolute atomic E-state index is 12.4. The van der Waals surface area contributed by atoms with Gasteiger partial charge in [-0.1, -0.05) is 50.7 Å². The fourth-order valence-electron chi connectivity index (χ4n) is 1.99. The second kappa shape index (κ2) is 9.80. The number of nitrogens with one attached hydrogen (secondary N) is 3. The van der Waals surface area contributed by atoms with Gasteiger partial charge in [-0.25, -0.2) is 0 Å². The van der Waals surface area contributed by atoms with E-state index < -0.39 is 15.9 Å². The van der Waals surface area contributed by atoms with Crippen molar-refractivity contribution in [1.29, 1.82) is 0 Å². The minimum Gasteiger partial charge on any atom is -0.497 e. The Hall–Kier alpha value is -1.25. The topological polar surface area (TPSA) is 62.4 Å². The molecule has 0 aliphatic carbocycles. The minimum atomic E-state index is -1.84. The number of anilines is 1. The van der Waals surface area contributed by atoms with Crippen LogP contribution in [0.1, 0.15) is 10.4 Å². The number of methoxy groups -OCH3 is 1. The molecule has 0 fully saturated rings. The van der Waals surface area contributed by atoms with Crippen molar-refractivity contribution < 1.29 is 9.53 Å². The third-order valence-electron chi connectivity index (χ3n) is 3.33. The summed E-state index contributed by atoms with van der Waals surface area (Å²) >= 11 is 26.5. The van der Waals surface area contributed by atoms with Crippen molar-refractivity contribution in [2.75, 3.05) is 12.4 Å². The predicted molar refractivity (Wildman–Crippen MR) is 118 cm³/mol. The highest BCUT2D eigenvalue weighted by molar-refractivity contribution is 9.10. The van der Waals surface area contributed by atoms with Gasteiger partial charge in [0, 0.05) is 15.7 Å². The van der Waals surface area contributed by atoms with Gasteiger partial charge in [0.15, 0.2) is 5.11 Å². The molecule has 0 bridgehead atoms. The molecule has 10 heteroatoms. The first-order valence-corrected chi connectivity index (χ1v) is 9.87. The monoisotopic (exact) mass is 509 g/mol. The zero-order valence-corrected chi connectivity index (χ0v) is 18.6. The quantitative estimate of drug-likeness (QED) is 0.304. The Balaban J connectivity index is 2.03. The van der Waals surface area contributed by atoms with E-state index in [4.69, 9.17) is 51.8 Å². The van der Waals surface area contributed by atoms with Gasteiger partial charge >= 0.3 is 0 Å². The molecule has 2 rings (SSSR count). The van der Waals surface area contributed by atoms with Crippen LogP contribution in [0.3, 0.4) is 0 Å². The molecule has 0 saturated heterocycles. The Labute approximate surface area is 185 Å². The number of alkyl halides is 3. The van der Waals surface area contributed by atoms with Gasteiger partial charge < -0.3 is 20.7 Å². The van der Waals surface area contributed by atoms with Crippen molar-refractivity contribution in [3.8, 4) is 5.75 Å². The van der Waals surface area contributed by atoms with E-state index in [-0.39, 0.29) is 5.11 Å². The van der Waals surface area contributed by atoms with Crippen molar-refractivity contribution in [1.82, 2.24) is 10.6 Å². The van der Waals surface area contributed by atoms with Crippen LogP contribution in [0.4, 0.5) is 5.69 Å². The van der Waals surface area contributed by atoms with Crippen LogP contribution in [0, 0.1) is 0 Å². The zero-order chi connectivity index (χ0) is 20.0. The van der Waals surface area contributed by atoms with Gasteiger partial charge in [-0.3, -0.25) is 4.79 Å². The number of carbonyl (C=O) groups excluding carboxylic acids is 1. The fourth-order valence-corrected chi connectivity index (χ4v) is 2.82. The van der Waals surface area contributed by atoms with Crippen molar-refractivity contribution in [2.24, 2.45) is 0 Å². The van der Waals surface area contributed by atoms with E-state index in [9.17, 15) is 4.79 Å². The first-order valence-electron chi connectivity index (χ1n) is 7.54. The van der Waals surface area contributed by atoms with Crippen LogP contribution < -0.4 is 20.7 Å². The SMILES string of the molecule is COc1ccc(NC(=S)NC(NC(=O)c2ccc(Br)cc2)C(Cl)(Cl)Cl)cc1. The number of benzene rings is 2. The molecule has 0 spiro atoms. The number of ether oxygens (including phenoxy) is 1. The lowest BCUT2D eigenvalue weighted by atomic mass is 10.2. The normalized spacial score (nSPS) is 12.0. The second-order valence-electron chi connectivity index (χ2n) is 5.28. The van der Waals surface area contributed by atoms with Crippen molar-refractivity contribution >= 4 is 79.7 Å². The minimum absolute atomic E-state index is 0.174. The highest BCUT2D eigenvalue weighted by atomic mass is 79.9. The highest BCUT2D eigenvalue weighted by Crippen LogP contribution is 2.29. The summed E-state index contributed by atoms with van der Waals surface area (Å²) in [4.78, 5) is 12.4. The predicted octanol–water partition coefficient (Wildman–Crippen LogP) is 4.87. The van der Waals surface area contributed by atoms with Gasteiger partial charge in [0.1, 0.15) is 11.9 Å². The summed E-state index contributed by atoms with van der Waals surface area (Å²) in [5, 5.41) is 8.54. The van der Waals surface area contributed by atoms with Gasteiger partial charge in [0.25, 0.3) is 5.91 Å². The van der Waals surface area contributed by atoms with Crippen LogP contribution in [-0.2, 0) is 0 Å². The summed E-state index contributed by atoms with van der Waals surface area (Å²) in [6.45, 7) is 0. The number of hydrogen-bond acceptors (Lipinski definition) is 3. The Morgan fingerprint density at radius 3 is 2.19 bits per heavy atom. The van der Waals surface area contributed by atoms with Crippen LogP contribution in [0.5, 0.6) is 5.75 Å². The van der Waals surface area contributed by atoms with Crippen molar-refractivity contribution in [2.45, 2.75) is 9.96 Å². The summed E-state index contributed by atoms with van der Waals surface area (Å²) in [5.74, 6) is 0.291. The van der Waals surface area contributed by atoms with Gasteiger partial charge in [-0.15, -0.1) is 0 Å². The molecule has 0 saturated carbocycles. The van der Waals surface area contributed by atoms with E-state index in [1.54, 1.807) is 55.6 Å². The van der Waals surface area contributed by atoms with Gasteiger partial charge in [-0.05, 0) is 60.7 Å². The molecule has 0 heterocycles. The Morgan fingerprint density at radius 1 is 1.07 bits per heavy atom. The second-order valence-corrected chi connectivity index (χ2v) is 8.97. The van der Waals surface area contributed by atoms with Gasteiger partial charge in [0.05, 0.1) is 7.11 Å². The molecular weight excluding hydrogens is 497 g/mol. The summed E-state index contributed by atoms with van der Waals surface area (Å²) in [6, 6.07) is 13.9. The molecule has 0 aliphatic rings. The van der Waals surface area contributed by atoms with E-state index in [2.05, 4.69) is 31.9 Å². The summed E-state index contributed by atoms with van der Waals surface area (Å²) in [7, 11) is 1.58. The molecule has 2 aromatic carbocycles. The molecule has 1 atom stereocenters. The number of carbonyl (C=O) groups is 1. The molecule has 144 valence electrons. The van der Waals surface area contributed by atoms with Crippen LogP contribution in [0.25, 0.3) is 0 Å². The number of rotatable bonds is 5. The molecule has 5 nitrogen and oxygen atoms in total. The maximum atomic E-state index is 12.4. The Kier molecular flexibility index (Phi) is 8.00. The standard InChI is InChI=1S/C17H15BrCl3N3O2S/c1-26-13-8-6-12(7-9-13)22-16(27)24-15(17(19,20)21)23-14(25)10-2-4-11(18)5-3-10/h2-9,15H,1H3,(H,23,25)(H2,22,24,27). The lowest BCUT2D eigenvalue weighted by molar-refractivity contribution is 0.0934. The van der Waals surface area contributed by atoms with Crippen LogP contribution in [-0.4, -0.2) is 28.1 Å². The molecule has 27 heavy (non-hydrogen) atoms. The molecular formula is C17H15BrCl3N3O2S. The average Bonchev–Trinajstić information content (AvgIpc) is 2.61. The molecule has 0 radical (unpaired) electrons. The fraction of sp³-hybridized carbons (Fsp3) is 0.176. The molecule has 1 amide bonds. The van der Waals surface area contributed by atoms with Gasteiger partial charge in [-0.2, -0.15) is 0 Å². The van der Waals surface area contributed by atoms with Crippen molar-refractivity contribution in [3.05, 3.63) is 58.6 Å². The average molecular weight is 512 g/mol. The third-order valence-corrected chi connectivity index (χ3v) is 4.74. The van der Waals surface area contributed by atoms with Crippen LogP contribution in [0.2, 0.25) is 0 Å². The van der Waals surface area contributed by atoms with Gasteiger partial charge in [0.2, 0.25) is 3.79 Å². The number of amides is 1. The van der Waals surface area contributed by atoms with E-state index >= 15 is 0 Å². The lowest BCUT2D eigenvalue weighted by Crippen LogP contribution is -2.56. The Morgan fingerprint density at radius 2 is 1.67 bits per heavy atom. The number of thiocarbonyl (C=S) groups is 1. The number of halogens is 4. The third kappa shape index (κ3) is 7.01. The molecule has 0 aliphatic heterocycles. The molecule has 1 unspecified atom stereocenters. The zero-order valence-electron chi connectivity index (χ0n) is 13.9.